The molecule has 2 rings (SSSR count). The molecule has 5 heteroatoms. The van der Waals surface area contributed by atoms with Gasteiger partial charge in [0.25, 0.3) is 0 Å². The number of benzene rings is 2. The fourth-order valence-corrected chi connectivity index (χ4v) is 2.43. The molecule has 0 radical (unpaired) electrons. The first-order valence-electron chi connectivity index (χ1n) is 7.04. The second-order valence-electron chi connectivity index (χ2n) is 5.19. The van der Waals surface area contributed by atoms with Gasteiger partial charge >= 0.3 is 0 Å². The Kier molecular flexibility index (Phi) is 6.25. The van der Waals surface area contributed by atoms with Crippen molar-refractivity contribution in [2.24, 2.45) is 5.10 Å². The summed E-state index contributed by atoms with van der Waals surface area (Å²) in [5, 5.41) is 5.63. The van der Waals surface area contributed by atoms with E-state index in [-0.39, 0.29) is 0 Å². The van der Waals surface area contributed by atoms with Gasteiger partial charge in [-0.15, -0.1) is 0 Å². The van der Waals surface area contributed by atoms with Crippen LogP contribution in [0.2, 0.25) is 10.0 Å². The topological polar surface area (TPSA) is 27.6 Å². The molecule has 1 N–H and O–H groups in total. The van der Waals surface area contributed by atoms with Crippen molar-refractivity contribution in [3.8, 4) is 0 Å². The number of nitrogens with zero attached hydrogens (tertiary/aromatic N) is 2. The third kappa shape index (κ3) is 4.73. The van der Waals surface area contributed by atoms with E-state index in [0.29, 0.717) is 15.7 Å². The van der Waals surface area contributed by atoms with E-state index in [1.165, 1.54) is 0 Å². The maximum atomic E-state index is 6.16. The summed E-state index contributed by atoms with van der Waals surface area (Å²) in [6, 6.07) is 15.5. The van der Waals surface area contributed by atoms with E-state index in [9.17, 15) is 0 Å². The number of anilines is 1. The second-order valence-corrected chi connectivity index (χ2v) is 6.00. The van der Waals surface area contributed by atoms with Gasteiger partial charge in [-0.3, -0.25) is 5.43 Å². The molecule has 0 aromatic heterocycles. The molecular weight excluding hydrogens is 317 g/mol. The molecule has 2 aromatic rings. The monoisotopic (exact) mass is 335 g/mol. The van der Waals surface area contributed by atoms with Crippen molar-refractivity contribution in [2.75, 3.05) is 26.1 Å². The average molecular weight is 336 g/mol. The molecule has 0 heterocycles. The Morgan fingerprint density at radius 3 is 2.23 bits per heavy atom. The van der Waals surface area contributed by atoms with E-state index in [0.717, 1.165) is 24.2 Å². The molecule has 2 aromatic carbocycles. The van der Waals surface area contributed by atoms with Crippen LogP contribution in [-0.4, -0.2) is 31.3 Å². The Balaban J connectivity index is 2.24. The van der Waals surface area contributed by atoms with Crippen LogP contribution in [0.3, 0.4) is 0 Å². The Hall–Kier alpha value is -1.55. The minimum atomic E-state index is 0.552. The molecule has 0 aliphatic heterocycles. The van der Waals surface area contributed by atoms with Crippen molar-refractivity contribution in [3.05, 3.63) is 64.1 Å². The highest BCUT2D eigenvalue weighted by Crippen LogP contribution is 2.29. The average Bonchev–Trinajstić information content (AvgIpc) is 2.50. The van der Waals surface area contributed by atoms with Crippen molar-refractivity contribution in [1.29, 1.82) is 0 Å². The minimum absolute atomic E-state index is 0.552. The highest BCUT2D eigenvalue weighted by Gasteiger charge is 2.07. The van der Waals surface area contributed by atoms with Crippen LogP contribution in [0.5, 0.6) is 0 Å². The van der Waals surface area contributed by atoms with Crippen LogP contribution in [0, 0.1) is 0 Å². The largest absolute Gasteiger partial charge is 0.309 e. The summed E-state index contributed by atoms with van der Waals surface area (Å²) in [6.45, 7) is 0.908. The van der Waals surface area contributed by atoms with Gasteiger partial charge < -0.3 is 4.90 Å². The maximum absolute atomic E-state index is 6.16. The summed E-state index contributed by atoms with van der Waals surface area (Å²) in [4.78, 5) is 2.13. The first kappa shape index (κ1) is 16.8. The number of hydrogen-bond donors (Lipinski definition) is 1. The predicted octanol–water partition coefficient (Wildman–Crippen LogP) is 4.76. The summed E-state index contributed by atoms with van der Waals surface area (Å²) in [6.07, 6.45) is 0.825. The van der Waals surface area contributed by atoms with Crippen LogP contribution in [0.1, 0.15) is 12.0 Å². The standard InChI is InChI=1S/C17H19Cl2N3/c1-22(2)12-11-16(13-7-4-3-5-8-13)20-21-17-14(18)9-6-10-15(17)19/h3-10,21H,11-12H2,1-2H3/b20-16-. The number of nitrogens with one attached hydrogen (secondary N) is 1. The van der Waals surface area contributed by atoms with Crippen molar-refractivity contribution in [1.82, 2.24) is 4.90 Å². The molecule has 0 saturated carbocycles. The van der Waals surface area contributed by atoms with Crippen LogP contribution in [-0.2, 0) is 0 Å². The fourth-order valence-electron chi connectivity index (χ4n) is 1.95. The van der Waals surface area contributed by atoms with Crippen molar-refractivity contribution in [3.63, 3.8) is 0 Å². The molecule has 0 atom stereocenters. The summed E-state index contributed by atoms with van der Waals surface area (Å²) in [5.74, 6) is 0. The van der Waals surface area contributed by atoms with Gasteiger partial charge in [-0.05, 0) is 31.8 Å². The van der Waals surface area contributed by atoms with Crippen LogP contribution >= 0.6 is 23.2 Å². The van der Waals surface area contributed by atoms with Gasteiger partial charge in [0, 0.05) is 13.0 Å². The summed E-state index contributed by atoms with van der Waals surface area (Å²) in [7, 11) is 4.09. The number of rotatable bonds is 6. The number of hydrogen-bond acceptors (Lipinski definition) is 3. The zero-order valence-corrected chi connectivity index (χ0v) is 14.2. The van der Waals surface area contributed by atoms with Gasteiger partial charge in [-0.25, -0.2) is 0 Å². The highest BCUT2D eigenvalue weighted by molar-refractivity contribution is 6.39. The Labute approximate surface area is 141 Å². The second kappa shape index (κ2) is 8.18. The molecule has 0 saturated heterocycles. The Bertz CT molecular complexity index is 619. The van der Waals surface area contributed by atoms with E-state index >= 15 is 0 Å². The number of hydrazone groups is 1. The van der Waals surface area contributed by atoms with Crippen molar-refractivity contribution >= 4 is 34.6 Å². The lowest BCUT2D eigenvalue weighted by Gasteiger charge is -2.13. The SMILES string of the molecule is CN(C)CC/C(=N/Nc1c(Cl)cccc1Cl)c1ccccc1. The fraction of sp³-hybridized carbons (Fsp3) is 0.235. The van der Waals surface area contributed by atoms with Crippen molar-refractivity contribution in [2.45, 2.75) is 6.42 Å². The molecule has 0 unspecified atom stereocenters. The van der Waals surface area contributed by atoms with E-state index < -0.39 is 0 Å². The van der Waals surface area contributed by atoms with Gasteiger partial charge in [-0.2, -0.15) is 5.10 Å². The zero-order chi connectivity index (χ0) is 15.9. The van der Waals surface area contributed by atoms with Gasteiger partial charge in [-0.1, -0.05) is 59.6 Å². The Morgan fingerprint density at radius 1 is 1.00 bits per heavy atom. The molecule has 0 aliphatic rings. The normalized spacial score (nSPS) is 11.8. The number of halogens is 2. The van der Waals surface area contributed by atoms with E-state index in [2.05, 4.69) is 15.4 Å². The third-order valence-corrected chi connectivity index (χ3v) is 3.80. The van der Waals surface area contributed by atoms with Gasteiger partial charge in [0.15, 0.2) is 0 Å². The summed E-state index contributed by atoms with van der Waals surface area (Å²) < 4.78 is 0. The molecule has 0 spiro atoms. The highest BCUT2D eigenvalue weighted by atomic mass is 35.5. The summed E-state index contributed by atoms with van der Waals surface area (Å²) in [5.41, 5.74) is 5.68. The molecule has 116 valence electrons. The molecule has 3 nitrogen and oxygen atoms in total. The quantitative estimate of drug-likeness (QED) is 0.608. The first-order valence-corrected chi connectivity index (χ1v) is 7.80. The molecule has 22 heavy (non-hydrogen) atoms. The van der Waals surface area contributed by atoms with Gasteiger partial charge in [0.05, 0.1) is 21.4 Å². The first-order chi connectivity index (χ1) is 10.6. The lowest BCUT2D eigenvalue weighted by molar-refractivity contribution is 0.422. The smallest absolute Gasteiger partial charge is 0.0934 e. The predicted molar refractivity (Wildman–Crippen MR) is 96.2 cm³/mol. The van der Waals surface area contributed by atoms with Crippen LogP contribution < -0.4 is 5.43 Å². The van der Waals surface area contributed by atoms with Gasteiger partial charge in [0.2, 0.25) is 0 Å². The molecule has 0 fully saturated rings. The third-order valence-electron chi connectivity index (χ3n) is 3.17. The maximum Gasteiger partial charge on any atom is 0.0934 e. The van der Waals surface area contributed by atoms with Crippen LogP contribution in [0.15, 0.2) is 53.6 Å². The van der Waals surface area contributed by atoms with E-state index in [4.69, 9.17) is 23.2 Å². The van der Waals surface area contributed by atoms with Crippen LogP contribution in [0.4, 0.5) is 5.69 Å². The van der Waals surface area contributed by atoms with Crippen molar-refractivity contribution < 1.29 is 0 Å². The number of para-hydroxylation sites is 1. The Morgan fingerprint density at radius 2 is 1.64 bits per heavy atom. The lowest BCUT2D eigenvalue weighted by Crippen LogP contribution is -2.18. The van der Waals surface area contributed by atoms with Gasteiger partial charge in [0.1, 0.15) is 0 Å². The summed E-state index contributed by atoms with van der Waals surface area (Å²) >= 11 is 12.3. The lowest BCUT2D eigenvalue weighted by atomic mass is 10.1. The zero-order valence-electron chi connectivity index (χ0n) is 12.7. The molecule has 0 aliphatic carbocycles. The van der Waals surface area contributed by atoms with E-state index in [1.807, 2.05) is 50.5 Å². The molecular formula is C17H19Cl2N3. The molecule has 0 bridgehead atoms. The van der Waals surface area contributed by atoms with E-state index in [1.54, 1.807) is 12.1 Å². The minimum Gasteiger partial charge on any atom is -0.309 e. The molecule has 0 amide bonds. The van der Waals surface area contributed by atoms with Crippen LogP contribution in [0.25, 0.3) is 0 Å².